The minimum atomic E-state index is -0.785. The maximum Gasteiger partial charge on any atom is 0.307 e. The van der Waals surface area contributed by atoms with E-state index in [2.05, 4.69) is 12.1 Å². The number of rotatable bonds is 2. The molecule has 2 aromatic carbocycles. The molecule has 0 fully saturated rings. The Bertz CT molecular complexity index is 585. The molecule has 0 aliphatic heterocycles. The van der Waals surface area contributed by atoms with Gasteiger partial charge in [0.25, 0.3) is 0 Å². The van der Waals surface area contributed by atoms with Crippen molar-refractivity contribution >= 4 is 5.97 Å². The first-order valence-corrected chi connectivity index (χ1v) is 5.20. The second-order valence-corrected chi connectivity index (χ2v) is 4.00. The van der Waals surface area contributed by atoms with Crippen LogP contribution in [-0.4, -0.2) is 11.1 Å². The van der Waals surface area contributed by atoms with Gasteiger partial charge < -0.3 is 5.11 Å². The fraction of sp³-hybridized carbons (Fsp3) is 0.0714. The largest absolute Gasteiger partial charge is 0.481 e. The number of hydrogen-bond donors (Lipinski definition) is 1. The monoisotopic (exact) mass is 210 g/mol. The molecule has 0 bridgehead atoms. The van der Waals surface area contributed by atoms with Gasteiger partial charge in [0.05, 0.1) is 6.42 Å². The Morgan fingerprint density at radius 2 is 1.56 bits per heavy atom. The van der Waals surface area contributed by atoms with Crippen LogP contribution in [0.2, 0.25) is 0 Å². The van der Waals surface area contributed by atoms with Gasteiger partial charge in [-0.15, -0.1) is 0 Å². The summed E-state index contributed by atoms with van der Waals surface area (Å²) in [6.45, 7) is 0. The van der Waals surface area contributed by atoms with Crippen LogP contribution in [0.25, 0.3) is 22.3 Å². The van der Waals surface area contributed by atoms with E-state index in [1.54, 1.807) is 0 Å². The molecule has 0 radical (unpaired) electrons. The van der Waals surface area contributed by atoms with Gasteiger partial charge in [0.2, 0.25) is 0 Å². The first-order valence-electron chi connectivity index (χ1n) is 5.20. The third-order valence-electron chi connectivity index (χ3n) is 2.95. The maximum absolute atomic E-state index is 10.6. The van der Waals surface area contributed by atoms with Crippen molar-refractivity contribution in [2.45, 2.75) is 6.42 Å². The lowest BCUT2D eigenvalue weighted by molar-refractivity contribution is -0.136. The van der Waals surface area contributed by atoms with Gasteiger partial charge in [0.15, 0.2) is 0 Å². The van der Waals surface area contributed by atoms with Crippen molar-refractivity contribution in [2.24, 2.45) is 0 Å². The van der Waals surface area contributed by atoms with Crippen LogP contribution < -0.4 is 0 Å². The summed E-state index contributed by atoms with van der Waals surface area (Å²) < 4.78 is 0. The highest BCUT2D eigenvalue weighted by Crippen LogP contribution is 2.46. The highest BCUT2D eigenvalue weighted by Gasteiger charge is 2.21. The summed E-state index contributed by atoms with van der Waals surface area (Å²) in [5.41, 5.74) is 5.75. The highest BCUT2D eigenvalue weighted by atomic mass is 16.4. The van der Waals surface area contributed by atoms with Crippen LogP contribution in [0.3, 0.4) is 0 Å². The first-order chi connectivity index (χ1) is 7.75. The molecule has 16 heavy (non-hydrogen) atoms. The molecule has 0 unspecified atom stereocenters. The summed E-state index contributed by atoms with van der Waals surface area (Å²) in [5, 5.41) is 8.74. The number of aliphatic carboxylic acids is 1. The third-order valence-corrected chi connectivity index (χ3v) is 2.95. The van der Waals surface area contributed by atoms with Gasteiger partial charge >= 0.3 is 5.97 Å². The van der Waals surface area contributed by atoms with Gasteiger partial charge in [-0.25, -0.2) is 0 Å². The van der Waals surface area contributed by atoms with Crippen LogP contribution in [0.5, 0.6) is 0 Å². The van der Waals surface area contributed by atoms with Crippen molar-refractivity contribution in [3.05, 3.63) is 48.0 Å². The molecule has 0 amide bonds. The zero-order valence-electron chi connectivity index (χ0n) is 8.60. The molecule has 2 nitrogen and oxygen atoms in total. The molecule has 1 aliphatic rings. The molecule has 0 saturated carbocycles. The molecule has 0 aromatic heterocycles. The number of carboxylic acids is 1. The molecular weight excluding hydrogens is 200 g/mol. The topological polar surface area (TPSA) is 37.3 Å². The zero-order chi connectivity index (χ0) is 11.1. The van der Waals surface area contributed by atoms with Gasteiger partial charge in [-0.1, -0.05) is 36.4 Å². The number of benzene rings is 2. The second kappa shape index (κ2) is 3.20. The van der Waals surface area contributed by atoms with Gasteiger partial charge in [-0.3, -0.25) is 4.79 Å². The van der Waals surface area contributed by atoms with E-state index in [4.69, 9.17) is 5.11 Å². The first kappa shape index (κ1) is 9.16. The van der Waals surface area contributed by atoms with Crippen LogP contribution in [0.1, 0.15) is 5.56 Å². The lowest BCUT2D eigenvalue weighted by Crippen LogP contribution is -2.03. The summed E-state index contributed by atoms with van der Waals surface area (Å²) >= 11 is 0. The molecule has 0 atom stereocenters. The van der Waals surface area contributed by atoms with Gasteiger partial charge in [0, 0.05) is 0 Å². The van der Waals surface area contributed by atoms with E-state index in [-0.39, 0.29) is 6.42 Å². The predicted molar refractivity (Wildman–Crippen MR) is 62.2 cm³/mol. The fourth-order valence-electron chi connectivity index (χ4n) is 2.22. The van der Waals surface area contributed by atoms with E-state index >= 15 is 0 Å². The average Bonchev–Trinajstić information content (AvgIpc) is 2.26. The van der Waals surface area contributed by atoms with Crippen molar-refractivity contribution in [3.8, 4) is 22.3 Å². The molecule has 0 saturated heterocycles. The Balaban J connectivity index is 2.04. The quantitative estimate of drug-likeness (QED) is 0.706. The minimum absolute atomic E-state index is 0.0927. The number of carboxylic acid groups (broad SMARTS) is 1. The smallest absolute Gasteiger partial charge is 0.307 e. The molecule has 0 heterocycles. The summed E-state index contributed by atoms with van der Waals surface area (Å²) in [4.78, 5) is 10.6. The lowest BCUT2D eigenvalue weighted by atomic mass is 9.80. The van der Waals surface area contributed by atoms with E-state index in [9.17, 15) is 4.79 Å². The van der Waals surface area contributed by atoms with Crippen molar-refractivity contribution in [1.82, 2.24) is 0 Å². The lowest BCUT2D eigenvalue weighted by Gasteiger charge is -2.24. The standard InChI is InChI=1S/C14H10O2/c15-14(16)8-9-5-6-12-10-3-1-2-4-11(10)13(12)7-9/h1-7H,8H2,(H,15,16). The molecule has 1 N–H and O–H groups in total. The Labute approximate surface area is 93.2 Å². The van der Waals surface area contributed by atoms with E-state index in [1.807, 2.05) is 30.3 Å². The van der Waals surface area contributed by atoms with Crippen molar-refractivity contribution in [3.63, 3.8) is 0 Å². The molecule has 3 rings (SSSR count). The Kier molecular flexibility index (Phi) is 1.83. The molecule has 2 aromatic rings. The van der Waals surface area contributed by atoms with E-state index in [0.29, 0.717) is 0 Å². The van der Waals surface area contributed by atoms with Crippen molar-refractivity contribution < 1.29 is 9.90 Å². The minimum Gasteiger partial charge on any atom is -0.481 e. The van der Waals surface area contributed by atoms with Crippen LogP contribution in [0.15, 0.2) is 42.5 Å². The van der Waals surface area contributed by atoms with E-state index in [1.165, 1.54) is 22.3 Å². The van der Waals surface area contributed by atoms with Crippen molar-refractivity contribution in [1.29, 1.82) is 0 Å². The fourth-order valence-corrected chi connectivity index (χ4v) is 2.22. The zero-order valence-corrected chi connectivity index (χ0v) is 8.60. The van der Waals surface area contributed by atoms with Gasteiger partial charge in [-0.05, 0) is 33.9 Å². The summed E-state index contributed by atoms with van der Waals surface area (Å²) in [6, 6.07) is 14.1. The molecular formula is C14H10O2. The van der Waals surface area contributed by atoms with Crippen LogP contribution in [-0.2, 0) is 11.2 Å². The van der Waals surface area contributed by atoms with Crippen LogP contribution in [0, 0.1) is 0 Å². The SMILES string of the molecule is O=C(O)Cc1ccc2c(c1)-c1ccccc1-2. The van der Waals surface area contributed by atoms with E-state index < -0.39 is 5.97 Å². The molecule has 0 spiro atoms. The maximum atomic E-state index is 10.6. The average molecular weight is 210 g/mol. The van der Waals surface area contributed by atoms with E-state index in [0.717, 1.165) is 5.56 Å². The third kappa shape index (κ3) is 1.23. The number of carbonyl (C=O) groups is 1. The number of fused-ring (bicyclic) bond motifs is 4. The second-order valence-electron chi connectivity index (χ2n) is 4.00. The van der Waals surface area contributed by atoms with Gasteiger partial charge in [0.1, 0.15) is 0 Å². The van der Waals surface area contributed by atoms with Gasteiger partial charge in [-0.2, -0.15) is 0 Å². The molecule has 2 heteroatoms. The molecule has 78 valence electrons. The summed E-state index contributed by atoms with van der Waals surface area (Å²) in [7, 11) is 0. The van der Waals surface area contributed by atoms with Crippen molar-refractivity contribution in [2.75, 3.05) is 0 Å². The summed E-state index contributed by atoms with van der Waals surface area (Å²) in [6.07, 6.45) is 0.0927. The Morgan fingerprint density at radius 3 is 2.25 bits per heavy atom. The van der Waals surface area contributed by atoms with Crippen LogP contribution in [0.4, 0.5) is 0 Å². The Morgan fingerprint density at radius 1 is 0.938 bits per heavy atom. The predicted octanol–water partition coefficient (Wildman–Crippen LogP) is 2.96. The molecule has 1 aliphatic carbocycles. The highest BCUT2D eigenvalue weighted by molar-refractivity contribution is 6.02. The summed E-state index contributed by atoms with van der Waals surface area (Å²) in [5.74, 6) is -0.785. The Hall–Kier alpha value is -2.09. The number of hydrogen-bond acceptors (Lipinski definition) is 1. The normalized spacial score (nSPS) is 11.2. The van der Waals surface area contributed by atoms with Crippen LogP contribution >= 0.6 is 0 Å².